The number of thiocarbonyl (C=S) groups is 1. The number of nitrogens with one attached hydrogen (secondary N) is 1. The molecule has 3 rings (SSSR count). The summed E-state index contributed by atoms with van der Waals surface area (Å²) in [5, 5.41) is 1.21. The van der Waals surface area contributed by atoms with Crippen LogP contribution >= 0.6 is 12.2 Å². The molecule has 0 bridgehead atoms. The summed E-state index contributed by atoms with van der Waals surface area (Å²) in [7, 11) is 3.01. The summed E-state index contributed by atoms with van der Waals surface area (Å²) >= 11 is 5.44. The minimum atomic E-state index is -1.06. The third kappa shape index (κ3) is 4.18. The van der Waals surface area contributed by atoms with E-state index in [9.17, 15) is 14.4 Å². The molecule has 1 atom stereocenters. The summed E-state index contributed by atoms with van der Waals surface area (Å²) in [6, 6.07) is 12.1. The van der Waals surface area contributed by atoms with Crippen LogP contribution < -0.4 is 25.5 Å². The average molecular weight is 428 g/mol. The molecule has 0 spiro atoms. The Hall–Kier alpha value is -3.66. The number of ether oxygens (including phenoxy) is 2. The zero-order valence-corrected chi connectivity index (χ0v) is 17.1. The summed E-state index contributed by atoms with van der Waals surface area (Å²) in [5.74, 6) is -0.595. The first-order valence-corrected chi connectivity index (χ1v) is 9.31. The van der Waals surface area contributed by atoms with Gasteiger partial charge in [-0.3, -0.25) is 24.7 Å². The minimum absolute atomic E-state index is 0.0210. The molecular weight excluding hydrogens is 408 g/mol. The highest BCUT2D eigenvalue weighted by Crippen LogP contribution is 2.27. The maximum atomic E-state index is 13.0. The molecule has 0 radical (unpaired) electrons. The lowest BCUT2D eigenvalue weighted by molar-refractivity contribution is -0.125. The predicted octanol–water partition coefficient (Wildman–Crippen LogP) is 1.23. The van der Waals surface area contributed by atoms with Gasteiger partial charge in [0.25, 0.3) is 11.8 Å². The summed E-state index contributed by atoms with van der Waals surface area (Å²) in [5.41, 5.74) is 8.69. The van der Waals surface area contributed by atoms with Crippen molar-refractivity contribution in [2.45, 2.75) is 12.5 Å². The van der Waals surface area contributed by atoms with Crippen LogP contribution in [0.15, 0.2) is 48.5 Å². The van der Waals surface area contributed by atoms with Gasteiger partial charge in [-0.2, -0.15) is 0 Å². The van der Waals surface area contributed by atoms with Gasteiger partial charge in [0.15, 0.2) is 0 Å². The van der Waals surface area contributed by atoms with Crippen molar-refractivity contribution in [2.75, 3.05) is 19.1 Å². The van der Waals surface area contributed by atoms with Crippen molar-refractivity contribution in [3.05, 3.63) is 54.1 Å². The van der Waals surface area contributed by atoms with Crippen molar-refractivity contribution in [1.29, 1.82) is 0 Å². The summed E-state index contributed by atoms with van der Waals surface area (Å²) in [4.78, 5) is 38.6. The molecule has 1 aliphatic rings. The van der Waals surface area contributed by atoms with Crippen molar-refractivity contribution in [1.82, 2.24) is 10.4 Å². The zero-order valence-electron chi connectivity index (χ0n) is 16.3. The van der Waals surface area contributed by atoms with Crippen molar-refractivity contribution in [2.24, 2.45) is 5.73 Å². The highest BCUT2D eigenvalue weighted by atomic mass is 32.1. The monoisotopic (exact) mass is 428 g/mol. The van der Waals surface area contributed by atoms with Crippen LogP contribution in [0.2, 0.25) is 0 Å². The van der Waals surface area contributed by atoms with Crippen LogP contribution in [0.1, 0.15) is 16.8 Å². The second kappa shape index (κ2) is 8.78. The lowest BCUT2D eigenvalue weighted by Crippen LogP contribution is -2.49. The molecule has 0 aromatic heterocycles. The number of primary amides is 1. The van der Waals surface area contributed by atoms with E-state index in [-0.39, 0.29) is 11.5 Å². The molecule has 2 aromatic carbocycles. The molecule has 1 heterocycles. The number of benzene rings is 2. The molecule has 156 valence electrons. The van der Waals surface area contributed by atoms with Crippen LogP contribution in [-0.2, 0) is 9.59 Å². The van der Waals surface area contributed by atoms with E-state index in [1.165, 1.54) is 24.1 Å². The molecule has 1 saturated heterocycles. The largest absolute Gasteiger partial charge is 0.497 e. The molecule has 0 saturated carbocycles. The molecule has 3 N–H and O–H groups in total. The number of methoxy groups -OCH3 is 2. The van der Waals surface area contributed by atoms with Gasteiger partial charge in [0, 0.05) is 5.56 Å². The SMILES string of the molecule is COc1ccc(N2C(=O)[C@@H](CC(N)=O)N(NC(=O)c3cccc(OC)c3)C2=S)cc1. The van der Waals surface area contributed by atoms with Gasteiger partial charge in [-0.1, -0.05) is 6.07 Å². The van der Waals surface area contributed by atoms with E-state index in [0.717, 1.165) is 0 Å². The fraction of sp³-hybridized carbons (Fsp3) is 0.200. The van der Waals surface area contributed by atoms with E-state index in [4.69, 9.17) is 27.4 Å². The van der Waals surface area contributed by atoms with Crippen LogP contribution in [0.4, 0.5) is 5.69 Å². The van der Waals surface area contributed by atoms with Gasteiger partial charge >= 0.3 is 0 Å². The van der Waals surface area contributed by atoms with Gasteiger partial charge in [-0.05, 0) is 54.7 Å². The summed E-state index contributed by atoms with van der Waals surface area (Å²) in [6.45, 7) is 0. The standard InChI is InChI=1S/C20H20N4O5S/c1-28-14-8-6-13(7-9-14)23-19(27)16(11-17(21)25)24(20(23)30)22-18(26)12-4-3-5-15(10-12)29-2/h3-10,16H,11H2,1-2H3,(H2,21,25)(H,22,26)/t16-/m1/s1. The van der Waals surface area contributed by atoms with Crippen molar-refractivity contribution >= 4 is 40.7 Å². The Morgan fingerprint density at radius 3 is 2.37 bits per heavy atom. The van der Waals surface area contributed by atoms with Gasteiger partial charge in [-0.25, -0.2) is 5.01 Å². The Bertz CT molecular complexity index is 995. The molecule has 3 amide bonds. The predicted molar refractivity (Wildman–Crippen MR) is 113 cm³/mol. The number of anilines is 1. The number of nitrogens with zero attached hydrogens (tertiary/aromatic N) is 2. The fourth-order valence-corrected chi connectivity index (χ4v) is 3.37. The van der Waals surface area contributed by atoms with E-state index in [1.807, 2.05) is 0 Å². The van der Waals surface area contributed by atoms with Gasteiger partial charge in [0.1, 0.15) is 17.5 Å². The average Bonchev–Trinajstić information content (AvgIpc) is 2.97. The van der Waals surface area contributed by atoms with Gasteiger partial charge in [0.2, 0.25) is 11.0 Å². The lowest BCUT2D eigenvalue weighted by Gasteiger charge is -2.24. The number of amides is 3. The smallest absolute Gasteiger partial charge is 0.270 e. The molecule has 9 nitrogen and oxygen atoms in total. The Kier molecular flexibility index (Phi) is 6.17. The highest BCUT2D eigenvalue weighted by molar-refractivity contribution is 7.80. The van der Waals surface area contributed by atoms with Crippen LogP contribution in [-0.4, -0.2) is 48.1 Å². The topological polar surface area (TPSA) is 114 Å². The number of hydrogen-bond acceptors (Lipinski definition) is 6. The van der Waals surface area contributed by atoms with Crippen molar-refractivity contribution < 1.29 is 23.9 Å². The number of carbonyl (C=O) groups is 3. The van der Waals surface area contributed by atoms with Crippen molar-refractivity contribution in [3.8, 4) is 11.5 Å². The number of nitrogens with two attached hydrogens (primary N) is 1. The number of hydrogen-bond donors (Lipinski definition) is 2. The molecule has 2 aromatic rings. The number of hydrazine groups is 1. The van der Waals surface area contributed by atoms with E-state index >= 15 is 0 Å². The lowest BCUT2D eigenvalue weighted by atomic mass is 10.2. The Balaban J connectivity index is 1.90. The third-order valence-corrected chi connectivity index (χ3v) is 4.87. The van der Waals surface area contributed by atoms with Crippen molar-refractivity contribution in [3.63, 3.8) is 0 Å². The molecule has 10 heteroatoms. The van der Waals surface area contributed by atoms with Gasteiger partial charge < -0.3 is 15.2 Å². The molecule has 30 heavy (non-hydrogen) atoms. The first-order chi connectivity index (χ1) is 14.3. The fourth-order valence-electron chi connectivity index (χ4n) is 3.00. The summed E-state index contributed by atoms with van der Waals surface area (Å²) < 4.78 is 10.3. The molecule has 0 aliphatic carbocycles. The number of rotatable bonds is 7. The second-order valence-corrected chi connectivity index (χ2v) is 6.75. The Morgan fingerprint density at radius 1 is 1.10 bits per heavy atom. The van der Waals surface area contributed by atoms with Crippen LogP contribution in [0.25, 0.3) is 0 Å². The van der Waals surface area contributed by atoms with E-state index in [2.05, 4.69) is 5.43 Å². The van der Waals surface area contributed by atoms with E-state index < -0.39 is 23.8 Å². The molecular formula is C20H20N4O5S. The van der Waals surface area contributed by atoms with Crippen LogP contribution in [0.3, 0.4) is 0 Å². The minimum Gasteiger partial charge on any atom is -0.497 e. The van der Waals surface area contributed by atoms with E-state index in [0.29, 0.717) is 22.7 Å². The normalized spacial score (nSPS) is 15.9. The maximum absolute atomic E-state index is 13.0. The second-order valence-electron chi connectivity index (χ2n) is 6.38. The molecule has 1 aliphatic heterocycles. The van der Waals surface area contributed by atoms with E-state index in [1.54, 1.807) is 48.5 Å². The quantitative estimate of drug-likeness (QED) is 0.638. The van der Waals surface area contributed by atoms with Crippen LogP contribution in [0, 0.1) is 0 Å². The highest BCUT2D eigenvalue weighted by Gasteiger charge is 2.45. The maximum Gasteiger partial charge on any atom is 0.270 e. The van der Waals surface area contributed by atoms with Gasteiger partial charge in [-0.15, -0.1) is 0 Å². The first kappa shape index (κ1) is 21.1. The Morgan fingerprint density at radius 2 is 1.77 bits per heavy atom. The number of carbonyl (C=O) groups excluding carboxylic acids is 3. The van der Waals surface area contributed by atoms with Crippen LogP contribution in [0.5, 0.6) is 11.5 Å². The third-order valence-electron chi connectivity index (χ3n) is 4.49. The first-order valence-electron chi connectivity index (χ1n) is 8.90. The zero-order chi connectivity index (χ0) is 21.8. The van der Waals surface area contributed by atoms with Gasteiger partial charge in [0.05, 0.1) is 26.3 Å². The molecule has 1 fully saturated rings. The summed E-state index contributed by atoms with van der Waals surface area (Å²) in [6.07, 6.45) is -0.315. The Labute approximate surface area is 178 Å². The molecule has 0 unspecified atom stereocenters.